The van der Waals surface area contributed by atoms with E-state index < -0.39 is 6.04 Å². The summed E-state index contributed by atoms with van der Waals surface area (Å²) in [4.78, 5) is 48.9. The second kappa shape index (κ2) is 11.1. The Morgan fingerprint density at radius 3 is 2.69 bits per heavy atom. The summed E-state index contributed by atoms with van der Waals surface area (Å²) >= 11 is 1.30. The molecule has 1 aliphatic carbocycles. The first-order valence-electron chi connectivity index (χ1n) is 12.4. The maximum atomic E-state index is 12.9. The van der Waals surface area contributed by atoms with Crippen LogP contribution < -0.4 is 10.6 Å². The molecule has 10 heteroatoms. The highest BCUT2D eigenvalue weighted by molar-refractivity contribution is 8.14. The lowest BCUT2D eigenvalue weighted by Crippen LogP contribution is -2.45. The van der Waals surface area contributed by atoms with E-state index in [0.29, 0.717) is 29.0 Å². The first-order chi connectivity index (χ1) is 17.6. The quantitative estimate of drug-likeness (QED) is 0.565. The molecular weight excluding hydrogens is 478 g/mol. The second-order valence-corrected chi connectivity index (χ2v) is 10.1. The minimum absolute atomic E-state index is 0.0358. The minimum atomic E-state index is -0.643. The molecule has 9 nitrogen and oxygen atoms in total. The van der Waals surface area contributed by atoms with Crippen LogP contribution in [0.4, 0.5) is 5.69 Å². The molecule has 3 aliphatic rings. The monoisotopic (exact) mass is 507 g/mol. The number of hydrogen-bond donors (Lipinski definition) is 2. The Balaban J connectivity index is 1.26. The van der Waals surface area contributed by atoms with E-state index in [-0.39, 0.29) is 42.4 Å². The van der Waals surface area contributed by atoms with Crippen LogP contribution in [0.1, 0.15) is 56.3 Å². The van der Waals surface area contributed by atoms with Crippen molar-refractivity contribution >= 4 is 46.2 Å². The van der Waals surface area contributed by atoms with Gasteiger partial charge in [-0.1, -0.05) is 43.2 Å². The fourth-order valence-corrected chi connectivity index (χ4v) is 5.64. The molecule has 1 aromatic heterocycles. The molecule has 0 radical (unpaired) electrons. The van der Waals surface area contributed by atoms with Gasteiger partial charge in [0.25, 0.3) is 5.91 Å². The summed E-state index contributed by atoms with van der Waals surface area (Å²) in [7, 11) is 0. The van der Waals surface area contributed by atoms with Gasteiger partial charge in [0.2, 0.25) is 11.8 Å². The lowest BCUT2D eigenvalue weighted by Gasteiger charge is -2.31. The van der Waals surface area contributed by atoms with Crippen LogP contribution in [-0.2, 0) is 20.9 Å². The molecule has 3 heterocycles. The highest BCUT2D eigenvalue weighted by Gasteiger charge is 2.41. The first-order valence-corrected chi connectivity index (χ1v) is 13.4. The molecule has 1 unspecified atom stereocenters. The summed E-state index contributed by atoms with van der Waals surface area (Å²) < 4.78 is 5.24. The number of para-hydroxylation sites is 1. The van der Waals surface area contributed by atoms with Crippen molar-refractivity contribution < 1.29 is 18.8 Å². The maximum Gasteiger partial charge on any atom is 0.270 e. The third-order valence-electron chi connectivity index (χ3n) is 6.60. The Labute approximate surface area is 213 Å². The Morgan fingerprint density at radius 1 is 1.06 bits per heavy atom. The molecule has 5 rings (SSSR count). The first kappa shape index (κ1) is 24.3. The Hall–Kier alpha value is -3.40. The summed E-state index contributed by atoms with van der Waals surface area (Å²) in [5, 5.41) is 6.50. The van der Waals surface area contributed by atoms with E-state index in [9.17, 15) is 14.4 Å². The predicted molar refractivity (Wildman–Crippen MR) is 138 cm³/mol. The maximum absolute atomic E-state index is 12.9. The number of nitrogens with zero attached hydrogens (tertiary/aromatic N) is 3. The van der Waals surface area contributed by atoms with Crippen LogP contribution in [0.5, 0.6) is 0 Å². The van der Waals surface area contributed by atoms with Crippen LogP contribution in [0, 0.1) is 0 Å². The Bertz CT molecular complexity index is 1190. The zero-order valence-corrected chi connectivity index (χ0v) is 20.8. The average molecular weight is 508 g/mol. The molecule has 0 spiro atoms. The summed E-state index contributed by atoms with van der Waals surface area (Å²) in [6.07, 6.45) is 7.55. The topological polar surface area (TPSA) is 116 Å². The lowest BCUT2D eigenvalue weighted by molar-refractivity contribution is -0.122. The predicted octanol–water partition coefficient (Wildman–Crippen LogP) is 3.52. The average Bonchev–Trinajstić information content (AvgIpc) is 3.53. The fraction of sp³-hybridized carbons (Fsp3) is 0.423. The van der Waals surface area contributed by atoms with Crippen LogP contribution in [0.3, 0.4) is 0 Å². The second-order valence-electron chi connectivity index (χ2n) is 9.16. The van der Waals surface area contributed by atoms with E-state index in [1.807, 2.05) is 24.3 Å². The van der Waals surface area contributed by atoms with Gasteiger partial charge in [-0.2, -0.15) is 4.99 Å². The molecule has 1 atom stereocenters. The van der Waals surface area contributed by atoms with Crippen molar-refractivity contribution in [2.24, 2.45) is 9.98 Å². The fourth-order valence-electron chi connectivity index (χ4n) is 4.78. The van der Waals surface area contributed by atoms with Crippen molar-refractivity contribution in [1.82, 2.24) is 15.5 Å². The third-order valence-corrected chi connectivity index (χ3v) is 7.55. The molecule has 188 valence electrons. The van der Waals surface area contributed by atoms with E-state index >= 15 is 0 Å². The molecule has 1 saturated carbocycles. The van der Waals surface area contributed by atoms with Gasteiger partial charge in [0, 0.05) is 18.0 Å². The highest BCUT2D eigenvalue weighted by Crippen LogP contribution is 2.35. The van der Waals surface area contributed by atoms with Crippen molar-refractivity contribution in [3.8, 4) is 0 Å². The van der Waals surface area contributed by atoms with Crippen molar-refractivity contribution in [2.45, 2.75) is 63.6 Å². The molecule has 3 amide bonds. The van der Waals surface area contributed by atoms with Crippen LogP contribution >= 0.6 is 11.8 Å². The van der Waals surface area contributed by atoms with Crippen molar-refractivity contribution in [2.75, 3.05) is 5.75 Å². The summed E-state index contributed by atoms with van der Waals surface area (Å²) in [6.45, 7) is 0.294. The van der Waals surface area contributed by atoms with Gasteiger partial charge in [0.1, 0.15) is 17.6 Å². The lowest BCUT2D eigenvalue weighted by atomic mass is 9.95. The van der Waals surface area contributed by atoms with E-state index in [1.165, 1.54) is 18.2 Å². The summed E-state index contributed by atoms with van der Waals surface area (Å²) in [5.74, 6) is 0.874. The number of amides is 3. The molecule has 0 bridgehead atoms. The molecule has 2 aromatic rings. The van der Waals surface area contributed by atoms with E-state index in [0.717, 1.165) is 31.2 Å². The SMILES string of the molecule is O=C(CCC1C(=O)N=C2c3ccccc3N=C(SCC(=O)NC3CCCCC3)N21)NCc1ccco1. The minimum Gasteiger partial charge on any atom is -0.467 e. The van der Waals surface area contributed by atoms with Crippen molar-refractivity contribution in [3.05, 3.63) is 54.0 Å². The van der Waals surface area contributed by atoms with Crippen LogP contribution in [0.2, 0.25) is 0 Å². The van der Waals surface area contributed by atoms with E-state index in [1.54, 1.807) is 23.3 Å². The van der Waals surface area contributed by atoms with E-state index in [2.05, 4.69) is 15.6 Å². The zero-order valence-electron chi connectivity index (χ0n) is 19.9. The molecular formula is C26H29N5O4S. The number of benzene rings is 1. The van der Waals surface area contributed by atoms with Gasteiger partial charge in [0.15, 0.2) is 5.17 Å². The number of furan rings is 1. The van der Waals surface area contributed by atoms with Crippen LogP contribution in [0.25, 0.3) is 0 Å². The van der Waals surface area contributed by atoms with Gasteiger partial charge >= 0.3 is 0 Å². The van der Waals surface area contributed by atoms with E-state index in [4.69, 9.17) is 9.41 Å². The Morgan fingerprint density at radius 2 is 1.89 bits per heavy atom. The molecule has 1 fully saturated rings. The van der Waals surface area contributed by atoms with Crippen LogP contribution in [-0.4, -0.2) is 51.5 Å². The Kier molecular flexibility index (Phi) is 7.50. The number of carbonyl (C=O) groups excluding carboxylic acids is 3. The van der Waals surface area contributed by atoms with Gasteiger partial charge in [-0.25, -0.2) is 4.99 Å². The van der Waals surface area contributed by atoms with Gasteiger partial charge in [0.05, 0.1) is 24.2 Å². The zero-order chi connectivity index (χ0) is 24.9. The molecule has 2 N–H and O–H groups in total. The van der Waals surface area contributed by atoms with Gasteiger partial charge in [-0.3, -0.25) is 19.3 Å². The number of hydrogen-bond acceptors (Lipinski definition) is 7. The molecule has 36 heavy (non-hydrogen) atoms. The normalized spacial score (nSPS) is 19.3. The molecule has 2 aliphatic heterocycles. The van der Waals surface area contributed by atoms with Crippen LogP contribution in [0.15, 0.2) is 57.1 Å². The molecule has 1 aromatic carbocycles. The number of carbonyl (C=O) groups is 3. The number of aliphatic imine (C=N–C) groups is 2. The highest BCUT2D eigenvalue weighted by atomic mass is 32.2. The molecule has 0 saturated heterocycles. The van der Waals surface area contributed by atoms with Gasteiger partial charge < -0.3 is 15.1 Å². The number of amidine groups is 2. The number of thioether (sulfide) groups is 1. The standard InChI is InChI=1S/C26H29N5O4S/c32-22(27-15-18-9-6-14-35-18)13-12-21-25(34)30-24-19-10-4-5-11-20(19)29-26(31(21)24)36-16-23(33)28-17-7-2-1-3-8-17/h4-6,9-11,14,17,21H,1-3,7-8,12-13,15-16H2,(H,27,32)(H,28,33). The summed E-state index contributed by atoms with van der Waals surface area (Å²) in [5.41, 5.74) is 1.49. The smallest absolute Gasteiger partial charge is 0.270 e. The number of nitrogens with one attached hydrogen (secondary N) is 2. The summed E-state index contributed by atoms with van der Waals surface area (Å²) in [6, 6.07) is 10.7. The number of rotatable bonds is 8. The largest absolute Gasteiger partial charge is 0.467 e. The van der Waals surface area contributed by atoms with Crippen molar-refractivity contribution in [3.63, 3.8) is 0 Å². The van der Waals surface area contributed by atoms with Gasteiger partial charge in [-0.05, 0) is 43.5 Å². The van der Waals surface area contributed by atoms with Gasteiger partial charge in [-0.15, -0.1) is 0 Å². The van der Waals surface area contributed by atoms with Crippen molar-refractivity contribution in [1.29, 1.82) is 0 Å². The third kappa shape index (κ3) is 5.53. The number of fused-ring (bicyclic) bond motifs is 3.